The zero-order valence-electron chi connectivity index (χ0n) is 14.2. The van der Waals surface area contributed by atoms with E-state index in [4.69, 9.17) is 9.47 Å². The molecule has 0 spiro atoms. The molecule has 0 aliphatic carbocycles. The second kappa shape index (κ2) is 7.60. The number of carbonyl (C=O) groups is 1. The Balaban J connectivity index is 2.26. The van der Waals surface area contributed by atoms with E-state index in [0.29, 0.717) is 6.61 Å². The molecule has 0 aromatic heterocycles. The van der Waals surface area contributed by atoms with Crippen molar-refractivity contribution in [3.8, 4) is 0 Å². The van der Waals surface area contributed by atoms with Crippen molar-refractivity contribution in [2.24, 2.45) is 0 Å². The number of sulfonamides is 1. The maximum atomic E-state index is 12.7. The Kier molecular flexibility index (Phi) is 5.97. The minimum Gasteiger partial charge on any atom is -0.465 e. The van der Waals surface area contributed by atoms with E-state index in [1.807, 2.05) is 0 Å². The van der Waals surface area contributed by atoms with E-state index >= 15 is 0 Å². The van der Waals surface area contributed by atoms with Gasteiger partial charge in [0.05, 0.1) is 29.7 Å². The summed E-state index contributed by atoms with van der Waals surface area (Å²) in [4.78, 5) is 11.8. The van der Waals surface area contributed by atoms with Gasteiger partial charge in [-0.25, -0.2) is 17.9 Å². The average Bonchev–Trinajstić information content (AvgIpc) is 3.01. The van der Waals surface area contributed by atoms with Crippen molar-refractivity contribution >= 4 is 16.0 Å². The Bertz CT molecular complexity index is 696. The summed E-state index contributed by atoms with van der Waals surface area (Å²) in [5.74, 6) is -0.676. The van der Waals surface area contributed by atoms with Crippen LogP contribution in [0.25, 0.3) is 0 Å². The monoisotopic (exact) mass is 356 g/mol. The van der Waals surface area contributed by atoms with E-state index in [1.165, 1.54) is 19.2 Å². The van der Waals surface area contributed by atoms with Gasteiger partial charge in [-0.3, -0.25) is 0 Å². The van der Waals surface area contributed by atoms with Crippen molar-refractivity contribution in [2.75, 3.05) is 33.9 Å². The molecule has 1 atom stereocenters. The number of rotatable bonds is 7. The zero-order valence-corrected chi connectivity index (χ0v) is 15.0. The Hall–Kier alpha value is -1.48. The van der Waals surface area contributed by atoms with E-state index in [0.717, 1.165) is 24.9 Å². The third-order valence-corrected chi connectivity index (χ3v) is 5.64. The van der Waals surface area contributed by atoms with Crippen molar-refractivity contribution in [1.82, 2.24) is 10.0 Å². The Morgan fingerprint density at radius 3 is 2.71 bits per heavy atom. The molecule has 1 aliphatic rings. The Morgan fingerprint density at radius 2 is 2.12 bits per heavy atom. The second-order valence-corrected chi connectivity index (χ2v) is 7.79. The molecular formula is C16H24N2O5S. The standard InChI is InChI=1S/C16H24N2O5S/c1-12-5-6-14(13(9-12)15(19)23-3)24(20,21)18-10-16(11-22-2)7-4-8-17-16/h5-6,9,17-18H,4,7-8,10-11H2,1-3H3. The van der Waals surface area contributed by atoms with E-state index in [2.05, 4.69) is 10.0 Å². The van der Waals surface area contributed by atoms with Crippen LogP contribution in [-0.2, 0) is 19.5 Å². The van der Waals surface area contributed by atoms with Crippen LogP contribution in [0.4, 0.5) is 0 Å². The van der Waals surface area contributed by atoms with Crippen molar-refractivity contribution in [3.63, 3.8) is 0 Å². The quantitative estimate of drug-likeness (QED) is 0.703. The minimum absolute atomic E-state index is 0.0326. The van der Waals surface area contributed by atoms with Gasteiger partial charge in [-0.15, -0.1) is 0 Å². The van der Waals surface area contributed by atoms with Gasteiger partial charge in [-0.2, -0.15) is 0 Å². The summed E-state index contributed by atoms with van der Waals surface area (Å²) in [6.07, 6.45) is 1.78. The third-order valence-electron chi connectivity index (χ3n) is 4.18. The van der Waals surface area contributed by atoms with Crippen LogP contribution in [0, 0.1) is 6.92 Å². The molecule has 1 aromatic rings. The molecule has 134 valence electrons. The first-order valence-electron chi connectivity index (χ1n) is 7.76. The number of ether oxygens (including phenoxy) is 2. The second-order valence-electron chi connectivity index (χ2n) is 6.06. The molecule has 2 N–H and O–H groups in total. The molecule has 1 unspecified atom stereocenters. The van der Waals surface area contributed by atoms with Crippen molar-refractivity contribution in [1.29, 1.82) is 0 Å². The molecule has 1 heterocycles. The number of carbonyl (C=O) groups excluding carboxylic acids is 1. The number of hydrogen-bond donors (Lipinski definition) is 2. The van der Waals surface area contributed by atoms with Crippen LogP contribution in [0.1, 0.15) is 28.8 Å². The number of nitrogens with one attached hydrogen (secondary N) is 2. The van der Waals surface area contributed by atoms with Crippen molar-refractivity contribution in [3.05, 3.63) is 29.3 Å². The summed E-state index contributed by atoms with van der Waals surface area (Å²) in [6.45, 7) is 3.21. The van der Waals surface area contributed by atoms with Crippen molar-refractivity contribution < 1.29 is 22.7 Å². The normalized spacial score (nSPS) is 21.0. The zero-order chi connectivity index (χ0) is 17.8. The average molecular weight is 356 g/mol. The van der Waals surface area contributed by atoms with Crippen LogP contribution in [0.3, 0.4) is 0 Å². The fourth-order valence-corrected chi connectivity index (χ4v) is 4.23. The predicted molar refractivity (Wildman–Crippen MR) is 89.6 cm³/mol. The molecule has 0 radical (unpaired) electrons. The first kappa shape index (κ1) is 18.9. The minimum atomic E-state index is -3.85. The predicted octanol–water partition coefficient (Wildman–Crippen LogP) is 0.829. The van der Waals surface area contributed by atoms with Gasteiger partial charge in [0.2, 0.25) is 10.0 Å². The highest BCUT2D eigenvalue weighted by Crippen LogP contribution is 2.22. The highest BCUT2D eigenvalue weighted by Gasteiger charge is 2.35. The van der Waals surface area contributed by atoms with Crippen LogP contribution in [0.5, 0.6) is 0 Å². The van der Waals surface area contributed by atoms with Crippen LogP contribution >= 0.6 is 0 Å². The van der Waals surface area contributed by atoms with E-state index in [1.54, 1.807) is 20.1 Å². The summed E-state index contributed by atoms with van der Waals surface area (Å²) >= 11 is 0. The van der Waals surface area contributed by atoms with E-state index in [9.17, 15) is 13.2 Å². The van der Waals surface area contributed by atoms with Crippen LogP contribution < -0.4 is 10.0 Å². The van der Waals surface area contributed by atoms with Gasteiger partial charge >= 0.3 is 5.97 Å². The van der Waals surface area contributed by atoms with Gasteiger partial charge < -0.3 is 14.8 Å². The molecule has 2 rings (SSSR count). The number of methoxy groups -OCH3 is 2. The van der Waals surface area contributed by atoms with Crippen LogP contribution in [0.15, 0.2) is 23.1 Å². The topological polar surface area (TPSA) is 93.7 Å². The van der Waals surface area contributed by atoms with Gasteiger partial charge in [0.15, 0.2) is 0 Å². The summed E-state index contributed by atoms with van der Waals surface area (Å²) in [5, 5.41) is 3.31. The lowest BCUT2D eigenvalue weighted by molar-refractivity contribution is 0.0596. The number of aryl methyl sites for hydroxylation is 1. The highest BCUT2D eigenvalue weighted by atomic mass is 32.2. The fraction of sp³-hybridized carbons (Fsp3) is 0.562. The van der Waals surface area contributed by atoms with E-state index < -0.39 is 21.5 Å². The largest absolute Gasteiger partial charge is 0.465 e. The number of hydrogen-bond acceptors (Lipinski definition) is 6. The first-order valence-corrected chi connectivity index (χ1v) is 9.24. The molecule has 1 fully saturated rings. The highest BCUT2D eigenvalue weighted by molar-refractivity contribution is 7.89. The van der Waals surface area contributed by atoms with Crippen LogP contribution in [0.2, 0.25) is 0 Å². The molecule has 8 heteroatoms. The summed E-state index contributed by atoms with van der Waals surface area (Å²) < 4.78 is 37.9. The van der Waals surface area contributed by atoms with E-state index in [-0.39, 0.29) is 17.0 Å². The molecule has 0 bridgehead atoms. The van der Waals surface area contributed by atoms with Gasteiger partial charge in [-0.05, 0) is 38.4 Å². The molecule has 1 aromatic carbocycles. The SMILES string of the molecule is COCC1(CNS(=O)(=O)c2ccc(C)cc2C(=O)OC)CCCN1. The first-order chi connectivity index (χ1) is 11.3. The van der Waals surface area contributed by atoms with Gasteiger partial charge in [0.1, 0.15) is 0 Å². The summed E-state index contributed by atoms with van der Waals surface area (Å²) in [6, 6.07) is 4.59. The van der Waals surface area contributed by atoms with Gasteiger partial charge in [-0.1, -0.05) is 11.6 Å². The lowest BCUT2D eigenvalue weighted by Crippen LogP contribution is -2.53. The van der Waals surface area contributed by atoms with Gasteiger partial charge in [0, 0.05) is 13.7 Å². The summed E-state index contributed by atoms with van der Waals surface area (Å²) in [7, 11) is -1.04. The third kappa shape index (κ3) is 4.13. The van der Waals surface area contributed by atoms with Crippen LogP contribution in [-0.4, -0.2) is 53.8 Å². The van der Waals surface area contributed by atoms with Gasteiger partial charge in [0.25, 0.3) is 0 Å². The smallest absolute Gasteiger partial charge is 0.339 e. The lowest BCUT2D eigenvalue weighted by atomic mass is 9.99. The molecule has 1 saturated heterocycles. The van der Waals surface area contributed by atoms with Crippen molar-refractivity contribution in [2.45, 2.75) is 30.2 Å². The number of esters is 1. The molecule has 24 heavy (non-hydrogen) atoms. The lowest BCUT2D eigenvalue weighted by Gasteiger charge is -2.29. The molecule has 0 amide bonds. The molecular weight excluding hydrogens is 332 g/mol. The number of benzene rings is 1. The Labute approximate surface area is 142 Å². The maximum Gasteiger partial charge on any atom is 0.339 e. The molecule has 7 nitrogen and oxygen atoms in total. The summed E-state index contributed by atoms with van der Waals surface area (Å²) in [5.41, 5.74) is 0.394. The molecule has 1 aliphatic heterocycles. The molecule has 0 saturated carbocycles. The maximum absolute atomic E-state index is 12.7. The fourth-order valence-electron chi connectivity index (χ4n) is 2.93. The Morgan fingerprint density at radius 1 is 1.38 bits per heavy atom.